The van der Waals surface area contributed by atoms with Crippen molar-refractivity contribution in [2.75, 3.05) is 0 Å². The summed E-state index contributed by atoms with van der Waals surface area (Å²) < 4.78 is 5.70. The van der Waals surface area contributed by atoms with Crippen molar-refractivity contribution in [2.45, 2.75) is 103 Å². The van der Waals surface area contributed by atoms with Gasteiger partial charge < -0.3 is 20.1 Å². The van der Waals surface area contributed by atoms with Crippen LogP contribution in [-0.2, 0) is 4.74 Å². The van der Waals surface area contributed by atoms with E-state index in [1.165, 1.54) is 11.1 Å². The maximum atomic E-state index is 10.3. The van der Waals surface area contributed by atoms with Gasteiger partial charge in [-0.25, -0.2) is 0 Å². The van der Waals surface area contributed by atoms with Gasteiger partial charge in [0.1, 0.15) is 23.9 Å². The highest BCUT2D eigenvalue weighted by atomic mass is 16.6. The second-order valence-electron chi connectivity index (χ2n) is 8.80. The van der Waals surface area contributed by atoms with E-state index in [0.29, 0.717) is 6.42 Å². The molecule has 2 aliphatic rings. The van der Waals surface area contributed by atoms with Crippen molar-refractivity contribution >= 4 is 0 Å². The Morgan fingerprint density at radius 2 is 1.85 bits per heavy atom. The van der Waals surface area contributed by atoms with E-state index in [1.54, 1.807) is 6.08 Å². The Kier molecular flexibility index (Phi) is 6.89. The molecule has 0 aromatic rings. The van der Waals surface area contributed by atoms with Gasteiger partial charge in [-0.15, -0.1) is 0 Å². The summed E-state index contributed by atoms with van der Waals surface area (Å²) in [6, 6.07) is 0. The number of epoxide rings is 1. The molecular formula is C22H36O4. The number of hydrogen-bond donors (Lipinski definition) is 3. The topological polar surface area (TPSA) is 73.2 Å². The van der Waals surface area contributed by atoms with Gasteiger partial charge in [0.05, 0.1) is 5.60 Å². The van der Waals surface area contributed by atoms with E-state index >= 15 is 0 Å². The van der Waals surface area contributed by atoms with Crippen LogP contribution < -0.4 is 0 Å². The van der Waals surface area contributed by atoms with Gasteiger partial charge in [-0.2, -0.15) is 0 Å². The minimum Gasteiger partial charge on any atom is -0.390 e. The van der Waals surface area contributed by atoms with Crippen LogP contribution in [0, 0.1) is 0 Å². The number of aliphatic hydroxyl groups is 3. The predicted molar refractivity (Wildman–Crippen MR) is 105 cm³/mol. The van der Waals surface area contributed by atoms with Crippen LogP contribution in [0.3, 0.4) is 0 Å². The molecule has 0 saturated carbocycles. The van der Waals surface area contributed by atoms with E-state index in [-0.39, 0.29) is 6.10 Å². The summed E-state index contributed by atoms with van der Waals surface area (Å²) in [7, 11) is 0. The second kappa shape index (κ2) is 8.39. The van der Waals surface area contributed by atoms with Crippen molar-refractivity contribution < 1.29 is 20.1 Å². The summed E-state index contributed by atoms with van der Waals surface area (Å²) in [6.07, 6.45) is 10.1. The summed E-state index contributed by atoms with van der Waals surface area (Å²) in [5, 5.41) is 30.1. The molecule has 4 atom stereocenters. The quantitative estimate of drug-likeness (QED) is 0.430. The molecular weight excluding hydrogens is 328 g/mol. The third-order valence-corrected chi connectivity index (χ3v) is 5.61. The van der Waals surface area contributed by atoms with Crippen molar-refractivity contribution in [2.24, 2.45) is 0 Å². The lowest BCUT2D eigenvalue weighted by Crippen LogP contribution is -2.39. The van der Waals surface area contributed by atoms with Gasteiger partial charge in [0.25, 0.3) is 0 Å². The molecule has 1 aliphatic heterocycles. The first-order valence-corrected chi connectivity index (χ1v) is 9.81. The Morgan fingerprint density at radius 3 is 2.50 bits per heavy atom. The van der Waals surface area contributed by atoms with Crippen LogP contribution in [-0.4, -0.2) is 44.8 Å². The van der Waals surface area contributed by atoms with Crippen LogP contribution in [0.1, 0.15) is 73.1 Å². The fraction of sp³-hybridized carbons (Fsp3) is 0.727. The van der Waals surface area contributed by atoms with Gasteiger partial charge in [-0.1, -0.05) is 29.4 Å². The minimum absolute atomic E-state index is 0.274. The highest BCUT2D eigenvalue weighted by Gasteiger charge is 2.65. The Bertz CT molecular complexity index is 581. The second-order valence-corrected chi connectivity index (χ2v) is 8.80. The normalized spacial score (nSPS) is 32.3. The van der Waals surface area contributed by atoms with E-state index < -0.39 is 23.4 Å². The molecule has 2 rings (SSSR count). The molecule has 1 aliphatic carbocycles. The minimum atomic E-state index is -0.641. The van der Waals surface area contributed by atoms with Gasteiger partial charge in [0.15, 0.2) is 0 Å². The van der Waals surface area contributed by atoms with E-state index in [1.807, 2.05) is 20.8 Å². The molecule has 0 aromatic carbocycles. The Hall–Kier alpha value is -0.940. The van der Waals surface area contributed by atoms with Crippen molar-refractivity contribution in [3.8, 4) is 0 Å². The molecule has 1 saturated heterocycles. The van der Waals surface area contributed by atoms with Crippen molar-refractivity contribution in [3.05, 3.63) is 34.9 Å². The number of allylic oxidation sites excluding steroid dienone is 3. The smallest absolute Gasteiger partial charge is 0.131 e. The third kappa shape index (κ3) is 5.53. The van der Waals surface area contributed by atoms with Gasteiger partial charge >= 0.3 is 0 Å². The zero-order valence-corrected chi connectivity index (χ0v) is 17.0. The number of aliphatic hydroxyl groups excluding tert-OH is 2. The lowest BCUT2D eigenvalue weighted by Gasteiger charge is -2.24. The maximum absolute atomic E-state index is 10.3. The predicted octanol–water partition coefficient (Wildman–Crippen LogP) is 3.81. The zero-order valence-electron chi connectivity index (χ0n) is 17.0. The maximum Gasteiger partial charge on any atom is 0.131 e. The average molecular weight is 365 g/mol. The van der Waals surface area contributed by atoms with Gasteiger partial charge in [0, 0.05) is 6.42 Å². The first-order valence-electron chi connectivity index (χ1n) is 9.81. The van der Waals surface area contributed by atoms with Crippen molar-refractivity contribution in [1.82, 2.24) is 0 Å². The first-order chi connectivity index (χ1) is 12.0. The highest BCUT2D eigenvalue weighted by Crippen LogP contribution is 2.50. The Morgan fingerprint density at radius 1 is 1.19 bits per heavy atom. The van der Waals surface area contributed by atoms with E-state index in [2.05, 4.69) is 26.0 Å². The monoisotopic (exact) mass is 364 g/mol. The van der Waals surface area contributed by atoms with E-state index in [4.69, 9.17) is 4.74 Å². The number of rotatable bonds is 9. The van der Waals surface area contributed by atoms with E-state index in [9.17, 15) is 15.3 Å². The Balaban J connectivity index is 1.75. The lowest BCUT2D eigenvalue weighted by molar-refractivity contribution is 0.0689. The highest BCUT2D eigenvalue weighted by molar-refractivity contribution is 5.31. The number of fused-ring (bicyclic) bond motifs is 1. The van der Waals surface area contributed by atoms with Crippen LogP contribution in [0.5, 0.6) is 0 Å². The van der Waals surface area contributed by atoms with Crippen molar-refractivity contribution in [1.29, 1.82) is 0 Å². The molecule has 26 heavy (non-hydrogen) atoms. The molecule has 0 aromatic heterocycles. The molecule has 1 fully saturated rings. The molecule has 0 amide bonds. The van der Waals surface area contributed by atoms with Gasteiger partial charge in [-0.3, -0.25) is 0 Å². The van der Waals surface area contributed by atoms with Crippen LogP contribution in [0.4, 0.5) is 0 Å². The van der Waals surface area contributed by atoms with Crippen LogP contribution in [0.25, 0.3) is 0 Å². The lowest BCUT2D eigenvalue weighted by atomic mass is 9.83. The van der Waals surface area contributed by atoms with Crippen molar-refractivity contribution in [3.63, 3.8) is 0 Å². The standard InChI is InChI=1S/C22H36O4/c1-15(10-7-12-21(4,5)25)8-6-9-16(2)11-13-22-18(23)14-17(3)19(24)20(22)26-22/h8,11,14,18-20,23-25H,6-7,9-10,12-13H2,1-5H3/b15-8+,16-11+/t18-,19-,20+,22-/m1/s1. The van der Waals surface area contributed by atoms with Crippen LogP contribution >= 0.6 is 0 Å². The Labute approximate surface area is 158 Å². The molecule has 4 heteroatoms. The zero-order chi connectivity index (χ0) is 19.5. The van der Waals surface area contributed by atoms with Gasteiger partial charge in [-0.05, 0) is 72.3 Å². The summed E-state index contributed by atoms with van der Waals surface area (Å²) in [5.41, 5.74) is 2.25. The molecule has 0 radical (unpaired) electrons. The third-order valence-electron chi connectivity index (χ3n) is 5.61. The molecule has 0 spiro atoms. The largest absolute Gasteiger partial charge is 0.390 e. The average Bonchev–Trinajstić information content (AvgIpc) is 3.26. The SMILES string of the molecule is CC1=C[C@@H](O)[C@@]2(C/C=C(\C)CC/C=C(\C)CCCC(C)(C)O)O[C@H]2[C@@H]1O. The summed E-state index contributed by atoms with van der Waals surface area (Å²) >= 11 is 0. The molecule has 4 nitrogen and oxygen atoms in total. The summed E-state index contributed by atoms with van der Waals surface area (Å²) in [5.74, 6) is 0. The summed E-state index contributed by atoms with van der Waals surface area (Å²) in [4.78, 5) is 0. The first kappa shape index (κ1) is 21.4. The fourth-order valence-electron chi connectivity index (χ4n) is 3.67. The molecule has 0 unspecified atom stereocenters. The van der Waals surface area contributed by atoms with Crippen LogP contribution in [0.15, 0.2) is 34.9 Å². The van der Waals surface area contributed by atoms with E-state index in [0.717, 1.165) is 37.7 Å². The molecule has 0 bridgehead atoms. The molecule has 148 valence electrons. The molecule has 3 N–H and O–H groups in total. The van der Waals surface area contributed by atoms with Crippen LogP contribution in [0.2, 0.25) is 0 Å². The fourth-order valence-corrected chi connectivity index (χ4v) is 3.67. The summed E-state index contributed by atoms with van der Waals surface area (Å²) in [6.45, 7) is 9.80. The number of hydrogen-bond acceptors (Lipinski definition) is 4. The number of ether oxygens (including phenoxy) is 1. The van der Waals surface area contributed by atoms with Gasteiger partial charge in [0.2, 0.25) is 0 Å². The molecule has 1 heterocycles.